The van der Waals surface area contributed by atoms with E-state index in [9.17, 15) is 13.2 Å². The second kappa shape index (κ2) is 6.93. The van der Waals surface area contributed by atoms with E-state index in [4.69, 9.17) is 0 Å². The lowest BCUT2D eigenvalue weighted by molar-refractivity contribution is -0.155. The van der Waals surface area contributed by atoms with Crippen molar-refractivity contribution in [2.45, 2.75) is 58.3 Å². The van der Waals surface area contributed by atoms with Gasteiger partial charge in [-0.05, 0) is 25.5 Å². The van der Waals surface area contributed by atoms with Crippen molar-refractivity contribution in [3.63, 3.8) is 0 Å². The number of likely N-dealkylation sites (N-methyl/N-ethyl adjacent to an activating group) is 1. The molecule has 1 aromatic heterocycles. The molecule has 0 radical (unpaired) electrons. The van der Waals surface area contributed by atoms with E-state index in [1.165, 1.54) is 0 Å². The number of rotatable bonds is 7. The number of hydrogen-bond donors (Lipinski definition) is 1. The van der Waals surface area contributed by atoms with Crippen molar-refractivity contribution < 1.29 is 13.2 Å². The summed E-state index contributed by atoms with van der Waals surface area (Å²) in [7, 11) is 0. The lowest BCUT2D eigenvalue weighted by atomic mass is 10.1. The molecule has 1 heterocycles. The zero-order valence-corrected chi connectivity index (χ0v) is 11.7. The highest BCUT2D eigenvalue weighted by Gasteiger charge is 2.39. The number of hydrogen-bond acceptors (Lipinski definition) is 2. The van der Waals surface area contributed by atoms with Gasteiger partial charge in [0.2, 0.25) is 0 Å². The predicted octanol–water partition coefficient (Wildman–Crippen LogP) is 3.33. The minimum atomic E-state index is -4.24. The summed E-state index contributed by atoms with van der Waals surface area (Å²) in [4.78, 5) is 0. The number of nitrogens with zero attached hydrogens (tertiary/aromatic N) is 2. The van der Waals surface area contributed by atoms with Crippen LogP contribution in [0.2, 0.25) is 0 Å². The Hall–Kier alpha value is -1.04. The van der Waals surface area contributed by atoms with Crippen molar-refractivity contribution in [1.29, 1.82) is 0 Å². The maximum absolute atomic E-state index is 12.8. The summed E-state index contributed by atoms with van der Waals surface area (Å²) < 4.78 is 40.2. The molecule has 0 aliphatic carbocycles. The van der Waals surface area contributed by atoms with E-state index < -0.39 is 12.2 Å². The Morgan fingerprint density at radius 2 is 1.89 bits per heavy atom. The third kappa shape index (κ3) is 4.53. The Labute approximate surface area is 112 Å². The molecule has 0 spiro atoms. The number of aromatic nitrogens is 2. The van der Waals surface area contributed by atoms with Gasteiger partial charge in [0, 0.05) is 12.6 Å². The zero-order valence-electron chi connectivity index (χ0n) is 11.7. The van der Waals surface area contributed by atoms with Gasteiger partial charge in [0.05, 0.1) is 11.7 Å². The first-order valence-electron chi connectivity index (χ1n) is 6.76. The molecule has 1 atom stereocenters. The Morgan fingerprint density at radius 1 is 1.26 bits per heavy atom. The first kappa shape index (κ1) is 16.0. The topological polar surface area (TPSA) is 29.9 Å². The molecule has 0 amide bonds. The van der Waals surface area contributed by atoms with Gasteiger partial charge in [0.25, 0.3) is 0 Å². The smallest absolute Gasteiger partial charge is 0.306 e. The fourth-order valence-electron chi connectivity index (χ4n) is 2.11. The van der Waals surface area contributed by atoms with Gasteiger partial charge in [0.15, 0.2) is 0 Å². The van der Waals surface area contributed by atoms with E-state index >= 15 is 0 Å². The monoisotopic (exact) mass is 277 g/mol. The van der Waals surface area contributed by atoms with Crippen LogP contribution in [0, 0.1) is 0 Å². The van der Waals surface area contributed by atoms with Gasteiger partial charge in [-0.25, -0.2) is 0 Å². The Morgan fingerprint density at radius 3 is 2.37 bits per heavy atom. The summed E-state index contributed by atoms with van der Waals surface area (Å²) in [6.45, 7) is 6.05. The number of alkyl halides is 3. The molecule has 0 aliphatic heterocycles. The molecule has 0 saturated carbocycles. The highest BCUT2D eigenvalue weighted by molar-refractivity contribution is 5.03. The fourth-order valence-corrected chi connectivity index (χ4v) is 2.11. The van der Waals surface area contributed by atoms with Crippen LogP contribution in [0.4, 0.5) is 13.2 Å². The minimum Gasteiger partial charge on any atom is -0.306 e. The molecule has 0 bridgehead atoms. The Bertz CT molecular complexity index is 369. The van der Waals surface area contributed by atoms with Gasteiger partial charge in [-0.1, -0.05) is 20.8 Å². The molecule has 1 aromatic rings. The van der Waals surface area contributed by atoms with Crippen LogP contribution in [0.15, 0.2) is 12.3 Å². The molecule has 1 rings (SSSR count). The number of nitrogens with one attached hydrogen (secondary N) is 1. The van der Waals surface area contributed by atoms with Crippen LogP contribution in [0.5, 0.6) is 0 Å². The molecular formula is C13H22F3N3. The van der Waals surface area contributed by atoms with Gasteiger partial charge in [0.1, 0.15) is 6.04 Å². The van der Waals surface area contributed by atoms with Crippen molar-refractivity contribution >= 4 is 0 Å². The van der Waals surface area contributed by atoms with Gasteiger partial charge >= 0.3 is 6.18 Å². The third-order valence-corrected chi connectivity index (χ3v) is 3.24. The number of halogens is 3. The Balaban J connectivity index is 2.75. The largest absolute Gasteiger partial charge is 0.404 e. The van der Waals surface area contributed by atoms with Crippen LogP contribution in [0.1, 0.15) is 45.3 Å². The normalized spacial score (nSPS) is 14.1. The molecular weight excluding hydrogens is 255 g/mol. The minimum absolute atomic E-state index is 0.121. The molecule has 0 aliphatic rings. The van der Waals surface area contributed by atoms with Gasteiger partial charge in [-0.2, -0.15) is 18.3 Å². The molecule has 19 heavy (non-hydrogen) atoms. The molecule has 0 fully saturated rings. The fraction of sp³-hybridized carbons (Fsp3) is 0.769. The first-order valence-corrected chi connectivity index (χ1v) is 6.76. The quantitative estimate of drug-likeness (QED) is 0.828. The van der Waals surface area contributed by atoms with Crippen LogP contribution in [-0.2, 0) is 6.42 Å². The van der Waals surface area contributed by atoms with Crippen LogP contribution >= 0.6 is 0 Å². The maximum Gasteiger partial charge on any atom is 0.404 e. The standard InChI is InChI=1S/C13H22F3N3/c1-4-11(5-2)19-8-7-10(18-19)9-12(17-6-3)13(14,15)16/h7-8,11-12,17H,4-6,9H2,1-3H3. The van der Waals surface area contributed by atoms with Gasteiger partial charge in [-0.3, -0.25) is 4.68 Å². The molecule has 3 nitrogen and oxygen atoms in total. The van der Waals surface area contributed by atoms with Gasteiger partial charge in [-0.15, -0.1) is 0 Å². The molecule has 0 aromatic carbocycles. The molecule has 1 unspecified atom stereocenters. The van der Waals surface area contributed by atoms with E-state index in [0.717, 1.165) is 12.8 Å². The summed E-state index contributed by atoms with van der Waals surface area (Å²) in [5.74, 6) is 0. The predicted molar refractivity (Wildman–Crippen MR) is 69.1 cm³/mol. The highest BCUT2D eigenvalue weighted by atomic mass is 19.4. The van der Waals surface area contributed by atoms with Crippen LogP contribution in [0.3, 0.4) is 0 Å². The molecule has 110 valence electrons. The van der Waals surface area contributed by atoms with Gasteiger partial charge < -0.3 is 5.32 Å². The molecule has 0 saturated heterocycles. The average molecular weight is 277 g/mol. The summed E-state index contributed by atoms with van der Waals surface area (Å²) >= 11 is 0. The third-order valence-electron chi connectivity index (χ3n) is 3.24. The summed E-state index contributed by atoms with van der Waals surface area (Å²) in [5.41, 5.74) is 0.482. The Kier molecular flexibility index (Phi) is 5.85. The van der Waals surface area contributed by atoms with Crippen LogP contribution in [0.25, 0.3) is 0 Å². The highest BCUT2D eigenvalue weighted by Crippen LogP contribution is 2.23. The second-order valence-corrected chi connectivity index (χ2v) is 4.61. The lowest BCUT2D eigenvalue weighted by Crippen LogP contribution is -2.43. The summed E-state index contributed by atoms with van der Waals surface area (Å²) in [5, 5.41) is 6.73. The van der Waals surface area contributed by atoms with Crippen molar-refractivity contribution in [1.82, 2.24) is 15.1 Å². The summed E-state index contributed by atoms with van der Waals surface area (Å²) in [6, 6.07) is 0.411. The average Bonchev–Trinajstić information content (AvgIpc) is 2.78. The van der Waals surface area contributed by atoms with E-state index in [1.54, 1.807) is 23.9 Å². The lowest BCUT2D eigenvalue weighted by Gasteiger charge is -2.20. The van der Waals surface area contributed by atoms with Crippen LogP contribution < -0.4 is 5.32 Å². The van der Waals surface area contributed by atoms with E-state index in [0.29, 0.717) is 5.69 Å². The second-order valence-electron chi connectivity index (χ2n) is 4.61. The van der Waals surface area contributed by atoms with E-state index in [2.05, 4.69) is 10.4 Å². The molecule has 6 heteroatoms. The van der Waals surface area contributed by atoms with Crippen molar-refractivity contribution in [2.75, 3.05) is 6.54 Å². The molecule has 1 N–H and O–H groups in total. The van der Waals surface area contributed by atoms with Crippen molar-refractivity contribution in [2.24, 2.45) is 0 Å². The SMILES string of the molecule is CCNC(Cc1ccn(C(CC)CC)n1)C(F)(F)F. The summed E-state index contributed by atoms with van der Waals surface area (Å²) in [6.07, 6.45) is -0.743. The van der Waals surface area contributed by atoms with Crippen molar-refractivity contribution in [3.8, 4) is 0 Å². The van der Waals surface area contributed by atoms with Crippen molar-refractivity contribution in [3.05, 3.63) is 18.0 Å². The van der Waals surface area contributed by atoms with E-state index in [1.807, 2.05) is 13.8 Å². The van der Waals surface area contributed by atoms with Crippen LogP contribution in [-0.4, -0.2) is 28.5 Å². The maximum atomic E-state index is 12.8. The first-order chi connectivity index (χ1) is 8.92. The zero-order chi connectivity index (χ0) is 14.5. The van der Waals surface area contributed by atoms with E-state index in [-0.39, 0.29) is 19.0 Å².